The third kappa shape index (κ3) is 3.06. The van der Waals surface area contributed by atoms with E-state index in [1.54, 1.807) is 43.3 Å². The molecular weight excluding hydrogens is 332 g/mol. The molecule has 6 heteroatoms. The standard InChI is InChI=1S/C20H20N2O4/c1-4-26-19(23)12-18-20(15-8-6-5-7-9-15)22(25)17-11-14(3)13(2)10-16(17)21(18)24/h5-11H,4,12H2,1-3H3. The third-order valence-electron chi connectivity index (χ3n) is 4.41. The van der Waals surface area contributed by atoms with E-state index in [-0.39, 0.29) is 35.4 Å². The van der Waals surface area contributed by atoms with Gasteiger partial charge >= 0.3 is 5.97 Å². The number of rotatable bonds is 4. The average molecular weight is 352 g/mol. The summed E-state index contributed by atoms with van der Waals surface area (Å²) < 4.78 is 6.40. The van der Waals surface area contributed by atoms with Gasteiger partial charge in [-0.05, 0) is 50.1 Å². The molecule has 1 heterocycles. The molecule has 134 valence electrons. The number of fused-ring (bicyclic) bond motifs is 1. The first-order valence-corrected chi connectivity index (χ1v) is 8.44. The predicted molar refractivity (Wildman–Crippen MR) is 99.3 cm³/mol. The molecule has 2 aromatic carbocycles. The van der Waals surface area contributed by atoms with Gasteiger partial charge in [-0.1, -0.05) is 18.2 Å². The van der Waals surface area contributed by atoms with Crippen LogP contribution in [0.5, 0.6) is 0 Å². The van der Waals surface area contributed by atoms with Crippen LogP contribution in [0, 0.1) is 24.0 Å². The summed E-state index contributed by atoms with van der Waals surface area (Å²) in [4.78, 5) is 25.1. The number of carbonyl (C=O) groups is 1. The van der Waals surface area contributed by atoms with Crippen LogP contribution in [0.25, 0.3) is 22.3 Å². The van der Waals surface area contributed by atoms with Gasteiger partial charge in [0, 0.05) is 11.0 Å². The molecular formula is C20H20N2O4. The number of benzene rings is 2. The number of hydrogen-bond donors (Lipinski definition) is 0. The normalized spacial score (nSPS) is 10.9. The number of esters is 1. The second kappa shape index (κ2) is 7.00. The maximum absolute atomic E-state index is 13.1. The Morgan fingerprint density at radius 1 is 1.15 bits per heavy atom. The van der Waals surface area contributed by atoms with Crippen molar-refractivity contribution in [2.45, 2.75) is 27.2 Å². The van der Waals surface area contributed by atoms with Crippen molar-refractivity contribution < 1.29 is 14.0 Å². The summed E-state index contributed by atoms with van der Waals surface area (Å²) in [5.41, 5.74) is 3.16. The molecule has 0 amide bonds. The molecule has 0 aliphatic rings. The van der Waals surface area contributed by atoms with E-state index < -0.39 is 5.97 Å². The van der Waals surface area contributed by atoms with Gasteiger partial charge in [-0.15, -0.1) is 0 Å². The average Bonchev–Trinajstić information content (AvgIpc) is 2.62. The molecule has 0 saturated carbocycles. The SMILES string of the molecule is CCOC(=O)Cc1c(-c2ccccc2)[n+](=O)c2cc(C)c(C)cc2n1[O-]. The number of carbonyl (C=O) groups excluding carboxylic acids is 1. The van der Waals surface area contributed by atoms with Gasteiger partial charge in [0.05, 0.1) is 23.0 Å². The molecule has 1 aromatic heterocycles. The molecule has 6 nitrogen and oxygen atoms in total. The van der Waals surface area contributed by atoms with E-state index in [0.717, 1.165) is 15.6 Å². The Morgan fingerprint density at radius 2 is 1.81 bits per heavy atom. The summed E-state index contributed by atoms with van der Waals surface area (Å²) in [6.45, 7) is 5.67. The molecule has 0 atom stereocenters. The summed E-state index contributed by atoms with van der Waals surface area (Å²) in [7, 11) is 0. The zero-order valence-electron chi connectivity index (χ0n) is 15.0. The Kier molecular flexibility index (Phi) is 4.75. The van der Waals surface area contributed by atoms with Gasteiger partial charge < -0.3 is 14.7 Å². The van der Waals surface area contributed by atoms with Crippen molar-refractivity contribution in [3.63, 3.8) is 0 Å². The summed E-state index contributed by atoms with van der Waals surface area (Å²) >= 11 is 0. The van der Waals surface area contributed by atoms with Crippen molar-refractivity contribution in [3.05, 3.63) is 69.4 Å². The number of hydrogen-bond acceptors (Lipinski definition) is 4. The summed E-state index contributed by atoms with van der Waals surface area (Å²) in [5.74, 6) is -0.544. The highest BCUT2D eigenvalue weighted by molar-refractivity contribution is 5.80. The number of aromatic nitrogens is 2. The van der Waals surface area contributed by atoms with E-state index in [4.69, 9.17) is 4.74 Å². The summed E-state index contributed by atoms with van der Waals surface area (Å²) in [5, 5.41) is 13.0. The van der Waals surface area contributed by atoms with Crippen LogP contribution < -0.4 is 4.43 Å². The van der Waals surface area contributed by atoms with Gasteiger partial charge in [-0.25, -0.2) is 0 Å². The highest BCUT2D eigenvalue weighted by Crippen LogP contribution is 2.25. The molecule has 0 spiro atoms. The second-order valence-corrected chi connectivity index (χ2v) is 6.16. The lowest BCUT2D eigenvalue weighted by molar-refractivity contribution is -0.452. The second-order valence-electron chi connectivity index (χ2n) is 6.16. The van der Waals surface area contributed by atoms with E-state index in [1.165, 1.54) is 0 Å². The molecule has 0 saturated heterocycles. The molecule has 3 rings (SSSR count). The quantitative estimate of drug-likeness (QED) is 0.533. The largest absolute Gasteiger partial charge is 0.805 e. The predicted octanol–water partition coefficient (Wildman–Crippen LogP) is 3.29. The summed E-state index contributed by atoms with van der Waals surface area (Å²) in [6.07, 6.45) is -0.271. The number of aryl methyl sites for hydroxylation is 2. The van der Waals surface area contributed by atoms with Gasteiger partial charge in [0.15, 0.2) is 0 Å². The van der Waals surface area contributed by atoms with Gasteiger partial charge in [-0.2, -0.15) is 0 Å². The van der Waals surface area contributed by atoms with E-state index in [2.05, 4.69) is 0 Å². The molecule has 0 aliphatic carbocycles. The highest BCUT2D eigenvalue weighted by atomic mass is 16.5. The molecule has 0 unspecified atom stereocenters. The molecule has 26 heavy (non-hydrogen) atoms. The van der Waals surface area contributed by atoms with Crippen molar-refractivity contribution in [3.8, 4) is 11.3 Å². The maximum atomic E-state index is 13.1. The smallest absolute Gasteiger partial charge is 0.312 e. The molecule has 0 radical (unpaired) electrons. The first-order chi connectivity index (χ1) is 12.4. The zero-order valence-corrected chi connectivity index (χ0v) is 15.0. The molecule has 0 aliphatic heterocycles. The lowest BCUT2D eigenvalue weighted by Crippen LogP contribution is -2.27. The maximum Gasteiger partial charge on any atom is 0.312 e. The van der Waals surface area contributed by atoms with Crippen LogP contribution in [0.1, 0.15) is 23.7 Å². The van der Waals surface area contributed by atoms with Crippen molar-refractivity contribution >= 4 is 17.0 Å². The van der Waals surface area contributed by atoms with Gasteiger partial charge in [0.25, 0.3) is 11.2 Å². The van der Waals surface area contributed by atoms with Crippen molar-refractivity contribution in [2.24, 2.45) is 0 Å². The van der Waals surface area contributed by atoms with E-state index in [0.29, 0.717) is 10.3 Å². The minimum absolute atomic E-state index is 0.0837. The van der Waals surface area contributed by atoms with Crippen LogP contribution in [0.4, 0.5) is 0 Å². The highest BCUT2D eigenvalue weighted by Gasteiger charge is 2.26. The topological polar surface area (TPSA) is 77.3 Å². The summed E-state index contributed by atoms with van der Waals surface area (Å²) in [6, 6.07) is 12.2. The Bertz CT molecular complexity index is 1040. The molecule has 3 aromatic rings. The molecule has 0 bridgehead atoms. The molecule has 0 fully saturated rings. The third-order valence-corrected chi connectivity index (χ3v) is 4.41. The number of nitrogens with zero attached hydrogens (tertiary/aromatic N) is 2. The number of ether oxygens (including phenoxy) is 1. The Hall–Kier alpha value is -3.15. The first kappa shape index (κ1) is 17.7. The fourth-order valence-electron chi connectivity index (χ4n) is 2.97. The zero-order chi connectivity index (χ0) is 18.8. The Balaban J connectivity index is 2.38. The Morgan fingerprint density at radius 3 is 2.46 bits per heavy atom. The molecule has 0 N–H and O–H groups in total. The first-order valence-electron chi connectivity index (χ1n) is 8.44. The monoisotopic (exact) mass is 352 g/mol. The van der Waals surface area contributed by atoms with Crippen LogP contribution in [0.3, 0.4) is 0 Å². The van der Waals surface area contributed by atoms with Gasteiger partial charge in [0.2, 0.25) is 0 Å². The van der Waals surface area contributed by atoms with Crippen molar-refractivity contribution in [1.82, 2.24) is 4.73 Å². The fraction of sp³-hybridized carbons (Fsp3) is 0.250. The van der Waals surface area contributed by atoms with E-state index in [9.17, 15) is 14.9 Å². The van der Waals surface area contributed by atoms with Crippen LogP contribution in [0.2, 0.25) is 0 Å². The fourth-order valence-corrected chi connectivity index (χ4v) is 2.97. The lowest BCUT2D eigenvalue weighted by atomic mass is 10.0. The van der Waals surface area contributed by atoms with Gasteiger partial charge in [0.1, 0.15) is 11.2 Å². The minimum atomic E-state index is -0.544. The van der Waals surface area contributed by atoms with Gasteiger partial charge in [-0.3, -0.25) is 4.79 Å². The van der Waals surface area contributed by atoms with Crippen molar-refractivity contribution in [1.29, 1.82) is 0 Å². The van der Waals surface area contributed by atoms with Crippen LogP contribution in [-0.2, 0) is 16.0 Å². The van der Waals surface area contributed by atoms with Crippen molar-refractivity contribution in [2.75, 3.05) is 6.61 Å². The van der Waals surface area contributed by atoms with Crippen LogP contribution in [-0.4, -0.2) is 17.3 Å². The van der Waals surface area contributed by atoms with E-state index >= 15 is 0 Å². The van der Waals surface area contributed by atoms with Crippen LogP contribution >= 0.6 is 0 Å². The Labute approximate surface area is 150 Å². The lowest BCUT2D eigenvalue weighted by Gasteiger charge is -2.19. The minimum Gasteiger partial charge on any atom is -0.805 e. The van der Waals surface area contributed by atoms with E-state index in [1.807, 2.05) is 19.9 Å². The van der Waals surface area contributed by atoms with Crippen LogP contribution in [0.15, 0.2) is 42.5 Å².